The lowest BCUT2D eigenvalue weighted by molar-refractivity contribution is 1.10. The maximum atomic E-state index is 4.09. The van der Waals surface area contributed by atoms with Crippen LogP contribution in [0.15, 0.2) is 34.6 Å². The predicted octanol–water partition coefficient (Wildman–Crippen LogP) is 2.70. The summed E-state index contributed by atoms with van der Waals surface area (Å²) in [5, 5.41) is 1.13. The first-order chi connectivity index (χ1) is 5.36. The molecule has 0 spiro atoms. The first-order valence-corrected chi connectivity index (χ1v) is 4.72. The van der Waals surface area contributed by atoms with E-state index in [1.165, 1.54) is 0 Å². The second-order valence-corrected chi connectivity index (χ2v) is 4.33. The molecule has 0 saturated carbocycles. The van der Waals surface area contributed by atoms with Crippen LogP contribution < -0.4 is 0 Å². The van der Waals surface area contributed by atoms with Gasteiger partial charge >= 0.3 is 0 Å². The van der Waals surface area contributed by atoms with Gasteiger partial charge < -0.3 is 4.57 Å². The summed E-state index contributed by atoms with van der Waals surface area (Å²) in [4.78, 5) is 4.09. The van der Waals surface area contributed by atoms with Gasteiger partial charge in [0.2, 0.25) is 0 Å². The van der Waals surface area contributed by atoms with E-state index >= 15 is 0 Å². The molecule has 0 atom stereocenters. The van der Waals surface area contributed by atoms with Gasteiger partial charge in [-0.15, -0.1) is 0 Å². The Kier molecular flexibility index (Phi) is 1.79. The highest BCUT2D eigenvalue weighted by atomic mass is 79.9. The molecule has 56 valence electrons. The summed E-state index contributed by atoms with van der Waals surface area (Å²) in [6.07, 6.45) is 5.84. The molecule has 2 aromatic heterocycles. The minimum absolute atomic E-state index is 0.918. The number of halogens is 1. The van der Waals surface area contributed by atoms with E-state index < -0.39 is 0 Å². The van der Waals surface area contributed by atoms with Gasteiger partial charge in [0.15, 0.2) is 3.92 Å². The standard InChI is InChI=1S/C7H5BrN2S/c8-7-9-5-6(11-7)10-3-1-2-4-10/h1-5H. The molecule has 0 aliphatic carbocycles. The maximum Gasteiger partial charge on any atom is 0.161 e. The van der Waals surface area contributed by atoms with Crippen molar-refractivity contribution in [3.8, 4) is 5.00 Å². The van der Waals surface area contributed by atoms with Crippen LogP contribution in [-0.2, 0) is 0 Å². The van der Waals surface area contributed by atoms with E-state index in [-0.39, 0.29) is 0 Å². The van der Waals surface area contributed by atoms with Gasteiger partial charge in [0, 0.05) is 12.4 Å². The smallest absolute Gasteiger partial charge is 0.161 e. The van der Waals surface area contributed by atoms with Crippen LogP contribution >= 0.6 is 27.3 Å². The molecule has 0 radical (unpaired) electrons. The first kappa shape index (κ1) is 7.06. The van der Waals surface area contributed by atoms with Crippen molar-refractivity contribution in [2.45, 2.75) is 0 Å². The summed E-state index contributed by atoms with van der Waals surface area (Å²) in [5.41, 5.74) is 0. The normalized spacial score (nSPS) is 10.3. The van der Waals surface area contributed by atoms with Crippen LogP contribution in [0.25, 0.3) is 5.00 Å². The molecule has 11 heavy (non-hydrogen) atoms. The summed E-state index contributed by atoms with van der Waals surface area (Å²) in [5.74, 6) is 0. The van der Waals surface area contributed by atoms with Crippen molar-refractivity contribution in [1.82, 2.24) is 9.55 Å². The van der Waals surface area contributed by atoms with Crippen LogP contribution in [0.3, 0.4) is 0 Å². The third kappa shape index (κ3) is 1.36. The fourth-order valence-corrected chi connectivity index (χ4v) is 2.06. The number of aromatic nitrogens is 2. The Morgan fingerprint density at radius 2 is 2.09 bits per heavy atom. The minimum Gasteiger partial charge on any atom is -0.314 e. The van der Waals surface area contributed by atoms with Crippen LogP contribution in [0.4, 0.5) is 0 Å². The topological polar surface area (TPSA) is 17.8 Å². The molecule has 4 heteroatoms. The molecule has 0 N–H and O–H groups in total. The first-order valence-electron chi connectivity index (χ1n) is 3.11. The Bertz CT molecular complexity index is 339. The fraction of sp³-hybridized carbons (Fsp3) is 0. The van der Waals surface area contributed by atoms with Crippen LogP contribution in [0.5, 0.6) is 0 Å². The van der Waals surface area contributed by atoms with Gasteiger partial charge in [0.1, 0.15) is 5.00 Å². The lowest BCUT2D eigenvalue weighted by atomic mass is 10.7. The van der Waals surface area contributed by atoms with E-state index in [4.69, 9.17) is 0 Å². The third-order valence-electron chi connectivity index (χ3n) is 1.32. The van der Waals surface area contributed by atoms with Crippen molar-refractivity contribution in [2.75, 3.05) is 0 Å². The van der Waals surface area contributed by atoms with Crippen molar-refractivity contribution in [1.29, 1.82) is 0 Å². The highest BCUT2D eigenvalue weighted by Gasteiger charge is 1.98. The van der Waals surface area contributed by atoms with Gasteiger partial charge in [-0.3, -0.25) is 0 Å². The Hall–Kier alpha value is -0.610. The van der Waals surface area contributed by atoms with Crippen molar-refractivity contribution >= 4 is 27.3 Å². The molecule has 0 saturated heterocycles. The molecule has 0 unspecified atom stereocenters. The van der Waals surface area contributed by atoms with Crippen molar-refractivity contribution in [3.63, 3.8) is 0 Å². The zero-order valence-electron chi connectivity index (χ0n) is 5.57. The zero-order chi connectivity index (χ0) is 7.68. The summed E-state index contributed by atoms with van der Waals surface area (Å²) < 4.78 is 2.95. The number of nitrogens with zero attached hydrogens (tertiary/aromatic N) is 2. The molecule has 0 aromatic carbocycles. The number of thiazole rings is 1. The number of hydrogen-bond acceptors (Lipinski definition) is 2. The second-order valence-electron chi connectivity index (χ2n) is 2.04. The van der Waals surface area contributed by atoms with Gasteiger partial charge in [0.25, 0.3) is 0 Å². The molecular weight excluding hydrogens is 224 g/mol. The molecule has 2 nitrogen and oxygen atoms in total. The average molecular weight is 229 g/mol. The molecule has 0 aliphatic heterocycles. The lowest BCUT2D eigenvalue weighted by Gasteiger charge is -1.92. The molecule has 2 rings (SSSR count). The van der Waals surface area contributed by atoms with E-state index in [0.717, 1.165) is 8.92 Å². The van der Waals surface area contributed by atoms with Crippen LogP contribution in [0.2, 0.25) is 0 Å². The monoisotopic (exact) mass is 228 g/mol. The maximum absolute atomic E-state index is 4.09. The SMILES string of the molecule is Brc1ncc(-n2cccc2)s1. The summed E-state index contributed by atoms with van der Waals surface area (Å²) in [7, 11) is 0. The quantitative estimate of drug-likeness (QED) is 0.735. The molecule has 2 aromatic rings. The fourth-order valence-electron chi connectivity index (χ4n) is 0.846. The summed E-state index contributed by atoms with van der Waals surface area (Å²) in [6, 6.07) is 3.99. The Morgan fingerprint density at radius 1 is 1.36 bits per heavy atom. The van der Waals surface area contributed by atoms with E-state index in [0.29, 0.717) is 0 Å². The molecular formula is C7H5BrN2S. The zero-order valence-corrected chi connectivity index (χ0v) is 7.97. The van der Waals surface area contributed by atoms with E-state index in [1.54, 1.807) is 11.3 Å². The van der Waals surface area contributed by atoms with Crippen molar-refractivity contribution in [2.24, 2.45) is 0 Å². The van der Waals surface area contributed by atoms with Gasteiger partial charge in [-0.25, -0.2) is 4.98 Å². The highest BCUT2D eigenvalue weighted by molar-refractivity contribution is 9.11. The molecule has 2 heterocycles. The Morgan fingerprint density at radius 3 is 2.64 bits per heavy atom. The van der Waals surface area contributed by atoms with E-state index in [1.807, 2.05) is 35.3 Å². The van der Waals surface area contributed by atoms with Crippen molar-refractivity contribution < 1.29 is 0 Å². The van der Waals surface area contributed by atoms with Crippen LogP contribution in [-0.4, -0.2) is 9.55 Å². The average Bonchev–Trinajstić information content (AvgIpc) is 2.55. The molecule has 0 bridgehead atoms. The van der Waals surface area contributed by atoms with Gasteiger partial charge in [-0.2, -0.15) is 0 Å². The summed E-state index contributed by atoms with van der Waals surface area (Å²) >= 11 is 4.93. The van der Waals surface area contributed by atoms with Crippen molar-refractivity contribution in [3.05, 3.63) is 34.6 Å². The molecule has 0 amide bonds. The van der Waals surface area contributed by atoms with Gasteiger partial charge in [-0.05, 0) is 28.1 Å². The van der Waals surface area contributed by atoms with E-state index in [9.17, 15) is 0 Å². The number of hydrogen-bond donors (Lipinski definition) is 0. The third-order valence-corrected chi connectivity index (χ3v) is 2.81. The minimum atomic E-state index is 0.918. The molecule has 0 fully saturated rings. The molecule has 0 aliphatic rings. The lowest BCUT2D eigenvalue weighted by Crippen LogP contribution is -1.82. The second kappa shape index (κ2) is 2.79. The Labute approximate surface area is 76.6 Å². The Balaban J connectivity index is 2.45. The predicted molar refractivity (Wildman–Crippen MR) is 49.1 cm³/mol. The van der Waals surface area contributed by atoms with Crippen LogP contribution in [0, 0.1) is 0 Å². The number of rotatable bonds is 1. The largest absolute Gasteiger partial charge is 0.314 e. The van der Waals surface area contributed by atoms with Gasteiger partial charge in [0.05, 0.1) is 6.20 Å². The van der Waals surface area contributed by atoms with Gasteiger partial charge in [-0.1, -0.05) is 11.3 Å². The van der Waals surface area contributed by atoms with E-state index in [2.05, 4.69) is 20.9 Å². The van der Waals surface area contributed by atoms with Crippen LogP contribution in [0.1, 0.15) is 0 Å². The highest BCUT2D eigenvalue weighted by Crippen LogP contribution is 2.21. The summed E-state index contributed by atoms with van der Waals surface area (Å²) in [6.45, 7) is 0.